The van der Waals surface area contributed by atoms with E-state index in [9.17, 15) is 14.4 Å². The Morgan fingerprint density at radius 1 is 1.04 bits per heavy atom. The maximum Gasteiger partial charge on any atom is 0.261 e. The average Bonchev–Trinajstić information content (AvgIpc) is 2.90. The fraction of sp³-hybridized carbons (Fsp3) is 0.526. The molecule has 6 nitrogen and oxygen atoms in total. The molecule has 2 heterocycles. The lowest BCUT2D eigenvalue weighted by Crippen LogP contribution is -2.40. The summed E-state index contributed by atoms with van der Waals surface area (Å²) in [5.74, 6) is -0.0659. The molecule has 1 saturated heterocycles. The van der Waals surface area contributed by atoms with E-state index in [2.05, 4.69) is 10.2 Å². The summed E-state index contributed by atoms with van der Waals surface area (Å²) >= 11 is 0. The number of fused-ring (bicyclic) bond motifs is 1. The minimum absolute atomic E-state index is 0.139. The van der Waals surface area contributed by atoms with Gasteiger partial charge in [-0.05, 0) is 57.5 Å². The zero-order valence-electron chi connectivity index (χ0n) is 14.7. The molecule has 0 aliphatic carbocycles. The lowest BCUT2D eigenvalue weighted by atomic mass is 9.96. The minimum Gasteiger partial charge on any atom is -0.359 e. The maximum atomic E-state index is 12.3. The molecule has 25 heavy (non-hydrogen) atoms. The monoisotopic (exact) mass is 343 g/mol. The predicted octanol–water partition coefficient (Wildman–Crippen LogP) is 1.52. The van der Waals surface area contributed by atoms with E-state index in [4.69, 9.17) is 0 Å². The molecule has 1 aromatic rings. The molecule has 1 aromatic carbocycles. The van der Waals surface area contributed by atoms with Gasteiger partial charge in [0.15, 0.2) is 0 Å². The smallest absolute Gasteiger partial charge is 0.261 e. The summed E-state index contributed by atoms with van der Waals surface area (Å²) in [5.41, 5.74) is 1.03. The fourth-order valence-corrected chi connectivity index (χ4v) is 3.67. The first-order valence-electron chi connectivity index (χ1n) is 9.01. The Balaban J connectivity index is 1.40. The van der Waals surface area contributed by atoms with Crippen LogP contribution in [0.4, 0.5) is 0 Å². The van der Waals surface area contributed by atoms with E-state index >= 15 is 0 Å². The van der Waals surface area contributed by atoms with Crippen LogP contribution in [0.3, 0.4) is 0 Å². The molecule has 0 aromatic heterocycles. The van der Waals surface area contributed by atoms with Crippen molar-refractivity contribution in [2.75, 3.05) is 33.2 Å². The van der Waals surface area contributed by atoms with Gasteiger partial charge in [0.1, 0.15) is 0 Å². The van der Waals surface area contributed by atoms with Crippen molar-refractivity contribution in [1.82, 2.24) is 15.1 Å². The lowest BCUT2D eigenvalue weighted by molar-refractivity contribution is -0.125. The summed E-state index contributed by atoms with van der Waals surface area (Å²) in [6, 6.07) is 7.00. The number of benzene rings is 1. The highest BCUT2D eigenvalue weighted by Gasteiger charge is 2.34. The van der Waals surface area contributed by atoms with E-state index < -0.39 is 0 Å². The molecule has 1 N–H and O–H groups in total. The molecule has 0 atom stereocenters. The molecule has 2 aliphatic rings. The van der Waals surface area contributed by atoms with E-state index in [0.717, 1.165) is 45.3 Å². The first kappa shape index (κ1) is 17.6. The topological polar surface area (TPSA) is 69.7 Å². The number of hydrogen-bond acceptors (Lipinski definition) is 4. The molecule has 6 heteroatoms. The Morgan fingerprint density at radius 2 is 1.60 bits per heavy atom. The van der Waals surface area contributed by atoms with Gasteiger partial charge in [0.25, 0.3) is 11.8 Å². The number of carbonyl (C=O) groups excluding carboxylic acids is 3. The first-order valence-corrected chi connectivity index (χ1v) is 9.01. The number of imide groups is 1. The molecule has 134 valence electrons. The Kier molecular flexibility index (Phi) is 5.48. The highest BCUT2D eigenvalue weighted by atomic mass is 16.2. The largest absolute Gasteiger partial charge is 0.359 e. The van der Waals surface area contributed by atoms with E-state index in [-0.39, 0.29) is 23.6 Å². The second kappa shape index (κ2) is 7.78. The van der Waals surface area contributed by atoms with Gasteiger partial charge >= 0.3 is 0 Å². The summed E-state index contributed by atoms with van der Waals surface area (Å²) in [5, 5.41) is 2.72. The summed E-state index contributed by atoms with van der Waals surface area (Å²) in [4.78, 5) is 39.9. The summed E-state index contributed by atoms with van der Waals surface area (Å²) in [6.07, 6.45) is 3.55. The Hall–Kier alpha value is -2.21. The average molecular weight is 343 g/mol. The molecule has 0 unspecified atom stereocenters. The molecular weight excluding hydrogens is 318 g/mol. The van der Waals surface area contributed by atoms with Crippen LogP contribution in [-0.2, 0) is 4.79 Å². The van der Waals surface area contributed by atoms with Crippen molar-refractivity contribution < 1.29 is 14.4 Å². The molecule has 0 saturated carbocycles. The van der Waals surface area contributed by atoms with Gasteiger partial charge in [-0.15, -0.1) is 0 Å². The summed E-state index contributed by atoms with van der Waals surface area (Å²) < 4.78 is 0. The van der Waals surface area contributed by atoms with Crippen molar-refractivity contribution in [1.29, 1.82) is 0 Å². The standard InChI is InChI=1S/C19H25N3O3/c1-20-17(23)14-8-12-21(13-9-14)10-4-5-11-22-18(24)15-6-2-3-7-16(15)19(22)25/h2-3,6-7,14H,4-5,8-13H2,1H3,(H,20,23). The van der Waals surface area contributed by atoms with Crippen molar-refractivity contribution in [3.8, 4) is 0 Å². The predicted molar refractivity (Wildman–Crippen MR) is 94.3 cm³/mol. The van der Waals surface area contributed by atoms with E-state index in [0.29, 0.717) is 17.7 Å². The van der Waals surface area contributed by atoms with Crippen LogP contribution < -0.4 is 5.32 Å². The number of carbonyl (C=O) groups is 3. The number of amides is 3. The van der Waals surface area contributed by atoms with Gasteiger partial charge in [0.05, 0.1) is 11.1 Å². The molecule has 0 bridgehead atoms. The van der Waals surface area contributed by atoms with Crippen molar-refractivity contribution in [3.05, 3.63) is 35.4 Å². The SMILES string of the molecule is CNC(=O)C1CCN(CCCCN2C(=O)c3ccccc3C2=O)CC1. The van der Waals surface area contributed by atoms with Crippen LogP contribution in [0.5, 0.6) is 0 Å². The summed E-state index contributed by atoms with van der Waals surface area (Å²) in [7, 11) is 1.69. The minimum atomic E-state index is -0.174. The Bertz CT molecular complexity index is 631. The molecule has 3 rings (SSSR count). The number of likely N-dealkylation sites (tertiary alicyclic amines) is 1. The molecular formula is C19H25N3O3. The maximum absolute atomic E-state index is 12.3. The summed E-state index contributed by atoms with van der Waals surface area (Å²) in [6.45, 7) is 3.29. The van der Waals surface area contributed by atoms with Crippen LogP contribution >= 0.6 is 0 Å². The highest BCUT2D eigenvalue weighted by molar-refractivity contribution is 6.21. The van der Waals surface area contributed by atoms with Gasteiger partial charge in [-0.3, -0.25) is 19.3 Å². The van der Waals surface area contributed by atoms with Gasteiger partial charge in [0, 0.05) is 19.5 Å². The van der Waals surface area contributed by atoms with Crippen LogP contribution in [0.15, 0.2) is 24.3 Å². The zero-order chi connectivity index (χ0) is 17.8. The number of piperidine rings is 1. The zero-order valence-corrected chi connectivity index (χ0v) is 14.7. The molecule has 2 aliphatic heterocycles. The third kappa shape index (κ3) is 3.74. The Labute approximate surface area is 148 Å². The normalized spacial score (nSPS) is 18.5. The Morgan fingerprint density at radius 3 is 2.16 bits per heavy atom. The lowest BCUT2D eigenvalue weighted by Gasteiger charge is -2.31. The molecule has 1 fully saturated rings. The number of unbranched alkanes of at least 4 members (excludes halogenated alkanes) is 1. The van der Waals surface area contributed by atoms with Crippen molar-refractivity contribution >= 4 is 17.7 Å². The number of hydrogen-bond donors (Lipinski definition) is 1. The van der Waals surface area contributed by atoms with E-state index in [1.165, 1.54) is 4.90 Å². The van der Waals surface area contributed by atoms with Gasteiger partial charge in [-0.25, -0.2) is 0 Å². The number of nitrogens with zero attached hydrogens (tertiary/aromatic N) is 2. The van der Waals surface area contributed by atoms with Crippen molar-refractivity contribution in [3.63, 3.8) is 0 Å². The number of rotatable bonds is 6. The van der Waals surface area contributed by atoms with Crippen molar-refractivity contribution in [2.45, 2.75) is 25.7 Å². The third-order valence-corrected chi connectivity index (χ3v) is 5.19. The van der Waals surface area contributed by atoms with Gasteiger partial charge in [-0.1, -0.05) is 12.1 Å². The quantitative estimate of drug-likeness (QED) is 0.628. The second-order valence-electron chi connectivity index (χ2n) is 6.74. The van der Waals surface area contributed by atoms with Crippen LogP contribution in [-0.4, -0.2) is 60.7 Å². The molecule has 0 radical (unpaired) electrons. The van der Waals surface area contributed by atoms with Crippen molar-refractivity contribution in [2.24, 2.45) is 5.92 Å². The third-order valence-electron chi connectivity index (χ3n) is 5.19. The van der Waals surface area contributed by atoms with Crippen LogP contribution in [0.1, 0.15) is 46.4 Å². The molecule has 3 amide bonds. The van der Waals surface area contributed by atoms with Crippen LogP contribution in [0, 0.1) is 5.92 Å². The van der Waals surface area contributed by atoms with Gasteiger partial charge < -0.3 is 10.2 Å². The van der Waals surface area contributed by atoms with E-state index in [1.54, 1.807) is 31.3 Å². The van der Waals surface area contributed by atoms with E-state index in [1.807, 2.05) is 0 Å². The second-order valence-corrected chi connectivity index (χ2v) is 6.74. The highest BCUT2D eigenvalue weighted by Crippen LogP contribution is 2.23. The number of nitrogens with one attached hydrogen (secondary N) is 1. The van der Waals surface area contributed by atoms with Gasteiger partial charge in [-0.2, -0.15) is 0 Å². The fourth-order valence-electron chi connectivity index (χ4n) is 3.67. The van der Waals surface area contributed by atoms with Crippen LogP contribution in [0.25, 0.3) is 0 Å². The van der Waals surface area contributed by atoms with Crippen LogP contribution in [0.2, 0.25) is 0 Å². The first-order chi connectivity index (χ1) is 12.1. The van der Waals surface area contributed by atoms with Gasteiger partial charge in [0.2, 0.25) is 5.91 Å². The molecule has 0 spiro atoms.